The fourth-order valence-electron chi connectivity index (χ4n) is 5.64. The van der Waals surface area contributed by atoms with Crippen molar-refractivity contribution in [3.8, 4) is 0 Å². The lowest BCUT2D eigenvalue weighted by Gasteiger charge is -2.38. The normalized spacial score (nSPS) is 27.7. The molecular weight excluding hydrogens is 533 g/mol. The molecular formula is C24H34F5N5O5. The largest absolute Gasteiger partial charge is 0.463 e. The molecule has 0 spiro atoms. The summed E-state index contributed by atoms with van der Waals surface area (Å²) < 4.78 is 65.7. The molecule has 2 aliphatic heterocycles. The third-order valence-corrected chi connectivity index (χ3v) is 8.13. The topological polar surface area (TPSA) is 151 Å². The maximum atomic E-state index is 13.7. The summed E-state index contributed by atoms with van der Waals surface area (Å²) in [4.78, 5) is 64.2. The van der Waals surface area contributed by atoms with Gasteiger partial charge in [0, 0.05) is 19.0 Å². The average Bonchev–Trinajstić information content (AvgIpc) is 3.14. The van der Waals surface area contributed by atoms with Gasteiger partial charge in [0.05, 0.1) is 0 Å². The number of rotatable bonds is 8. The van der Waals surface area contributed by atoms with Crippen LogP contribution in [0.1, 0.15) is 47.5 Å². The summed E-state index contributed by atoms with van der Waals surface area (Å²) in [5.74, 6) is -12.6. The Hall–Kier alpha value is -3.00. The molecule has 2 saturated heterocycles. The molecule has 15 heteroatoms. The molecule has 0 bridgehead atoms. The van der Waals surface area contributed by atoms with E-state index in [-0.39, 0.29) is 24.8 Å². The van der Waals surface area contributed by atoms with Gasteiger partial charge < -0.3 is 26.6 Å². The first kappa shape index (κ1) is 30.5. The molecule has 2 heterocycles. The van der Waals surface area contributed by atoms with E-state index in [2.05, 4.69) is 10.6 Å². The molecule has 6 atom stereocenters. The first-order chi connectivity index (χ1) is 17.6. The van der Waals surface area contributed by atoms with Gasteiger partial charge in [0.25, 0.3) is 0 Å². The molecule has 220 valence electrons. The van der Waals surface area contributed by atoms with Crippen LogP contribution in [-0.4, -0.2) is 77.7 Å². The number of fused-ring (bicyclic) bond motifs is 1. The lowest BCUT2D eigenvalue weighted by molar-refractivity contribution is -0.270. The molecule has 3 aliphatic rings. The first-order valence-corrected chi connectivity index (χ1v) is 12.6. The maximum absolute atomic E-state index is 13.7. The number of carbonyl (C=O) groups excluding carboxylic acids is 5. The molecule has 1 aliphatic carbocycles. The zero-order valence-corrected chi connectivity index (χ0v) is 22.2. The predicted octanol–water partition coefficient (Wildman–Crippen LogP) is 0.694. The van der Waals surface area contributed by atoms with Crippen molar-refractivity contribution in [2.24, 2.45) is 34.3 Å². The highest BCUT2D eigenvalue weighted by Gasteiger charge is 2.70. The lowest BCUT2D eigenvalue weighted by atomic mass is 9.85. The van der Waals surface area contributed by atoms with Crippen LogP contribution in [0.5, 0.6) is 0 Å². The molecule has 5 amide bonds. The van der Waals surface area contributed by atoms with Crippen molar-refractivity contribution in [2.45, 2.75) is 77.7 Å². The number of halogens is 5. The third kappa shape index (κ3) is 5.67. The van der Waals surface area contributed by atoms with Gasteiger partial charge in [0.1, 0.15) is 18.1 Å². The minimum absolute atomic E-state index is 0.0149. The number of hydrogen-bond acceptors (Lipinski definition) is 5. The van der Waals surface area contributed by atoms with E-state index in [9.17, 15) is 45.9 Å². The number of piperidine rings is 1. The highest BCUT2D eigenvalue weighted by Crippen LogP contribution is 2.65. The highest BCUT2D eigenvalue weighted by molar-refractivity contribution is 5.96. The van der Waals surface area contributed by atoms with Crippen LogP contribution in [0.4, 0.5) is 22.0 Å². The molecule has 1 saturated carbocycles. The minimum atomic E-state index is -6.18. The summed E-state index contributed by atoms with van der Waals surface area (Å²) in [7, 11) is 0. The summed E-state index contributed by atoms with van der Waals surface area (Å²) in [6.07, 6.45) is -5.82. The van der Waals surface area contributed by atoms with E-state index in [1.165, 1.54) is 20.8 Å². The summed E-state index contributed by atoms with van der Waals surface area (Å²) in [6, 6.07) is -4.28. The standard InChI is InChI=1S/C24H34F5N5O5/c1-21(2,3)15(33-20(39)23(25,26)24(27,28)29)19(38)34-9-11-13(22(11,4)5)14(34)18(37)32-12(16(30)35)8-10-6-7-31-17(10)36/h10-15H,6-9H2,1-5H3,(H2,30,35)(H,31,36)(H,32,37)(H,33,39)/t10-,11-,12-,13-,14-,15+/m0/s1. The molecule has 0 unspecified atom stereocenters. The summed E-state index contributed by atoms with van der Waals surface area (Å²) in [5.41, 5.74) is 3.74. The Morgan fingerprint density at radius 2 is 1.69 bits per heavy atom. The number of carbonyl (C=O) groups is 5. The van der Waals surface area contributed by atoms with Gasteiger partial charge in [-0.3, -0.25) is 24.0 Å². The van der Waals surface area contributed by atoms with Crippen molar-refractivity contribution >= 4 is 29.5 Å². The Kier molecular flexibility index (Phi) is 7.74. The van der Waals surface area contributed by atoms with Crippen molar-refractivity contribution in [2.75, 3.05) is 13.1 Å². The van der Waals surface area contributed by atoms with Crippen LogP contribution in [0.3, 0.4) is 0 Å². The third-order valence-electron chi connectivity index (χ3n) is 8.13. The Labute approximate surface area is 222 Å². The first-order valence-electron chi connectivity index (χ1n) is 12.6. The van der Waals surface area contributed by atoms with Gasteiger partial charge in [0.15, 0.2) is 0 Å². The summed E-state index contributed by atoms with van der Waals surface area (Å²) in [6.45, 7) is 8.20. The van der Waals surface area contributed by atoms with Crippen LogP contribution >= 0.6 is 0 Å². The molecule has 0 radical (unpaired) electrons. The van der Waals surface area contributed by atoms with Gasteiger partial charge in [0.2, 0.25) is 23.6 Å². The van der Waals surface area contributed by atoms with Crippen molar-refractivity contribution in [3.63, 3.8) is 0 Å². The van der Waals surface area contributed by atoms with Crippen molar-refractivity contribution < 1.29 is 45.9 Å². The summed E-state index contributed by atoms with van der Waals surface area (Å²) >= 11 is 0. The van der Waals surface area contributed by atoms with Crippen LogP contribution in [0.15, 0.2) is 0 Å². The second kappa shape index (κ2) is 9.88. The molecule has 5 N–H and O–H groups in total. The predicted molar refractivity (Wildman–Crippen MR) is 126 cm³/mol. The quantitative estimate of drug-likeness (QED) is 0.319. The monoisotopic (exact) mass is 567 g/mol. The Morgan fingerprint density at radius 3 is 2.15 bits per heavy atom. The van der Waals surface area contributed by atoms with E-state index in [4.69, 9.17) is 5.73 Å². The zero-order chi connectivity index (χ0) is 29.9. The van der Waals surface area contributed by atoms with E-state index >= 15 is 0 Å². The van der Waals surface area contributed by atoms with E-state index in [0.717, 1.165) is 4.90 Å². The number of nitrogens with zero attached hydrogens (tertiary/aromatic N) is 1. The average molecular weight is 568 g/mol. The molecule has 0 aromatic heterocycles. The second-order valence-electron chi connectivity index (χ2n) is 12.2. The van der Waals surface area contributed by atoms with E-state index < -0.39 is 76.5 Å². The Morgan fingerprint density at radius 1 is 1.10 bits per heavy atom. The fourth-order valence-corrected chi connectivity index (χ4v) is 5.64. The molecule has 10 nitrogen and oxygen atoms in total. The van der Waals surface area contributed by atoms with Crippen LogP contribution in [0.25, 0.3) is 0 Å². The van der Waals surface area contributed by atoms with Gasteiger partial charge in [-0.25, -0.2) is 0 Å². The molecule has 0 aromatic carbocycles. The molecule has 39 heavy (non-hydrogen) atoms. The second-order valence-corrected chi connectivity index (χ2v) is 12.2. The van der Waals surface area contributed by atoms with E-state index in [1.54, 1.807) is 5.32 Å². The number of amides is 5. The fraction of sp³-hybridized carbons (Fsp3) is 0.792. The van der Waals surface area contributed by atoms with Crippen LogP contribution in [-0.2, 0) is 24.0 Å². The van der Waals surface area contributed by atoms with Gasteiger partial charge >= 0.3 is 18.0 Å². The van der Waals surface area contributed by atoms with Gasteiger partial charge in [-0.15, -0.1) is 0 Å². The highest BCUT2D eigenvalue weighted by atomic mass is 19.4. The molecule has 3 fully saturated rings. The van der Waals surface area contributed by atoms with Crippen LogP contribution < -0.4 is 21.7 Å². The van der Waals surface area contributed by atoms with Crippen molar-refractivity contribution in [3.05, 3.63) is 0 Å². The zero-order valence-electron chi connectivity index (χ0n) is 22.2. The molecule has 3 rings (SSSR count). The summed E-state index contributed by atoms with van der Waals surface area (Å²) in [5, 5.41) is 6.67. The van der Waals surface area contributed by atoms with Crippen LogP contribution in [0, 0.1) is 28.6 Å². The number of primary amides is 1. The number of likely N-dealkylation sites (tertiary alicyclic amines) is 1. The van der Waals surface area contributed by atoms with Gasteiger partial charge in [-0.1, -0.05) is 34.6 Å². The van der Waals surface area contributed by atoms with Crippen LogP contribution in [0.2, 0.25) is 0 Å². The molecule has 0 aromatic rings. The Balaban J connectivity index is 1.86. The number of hydrogen-bond donors (Lipinski definition) is 4. The number of nitrogens with one attached hydrogen (secondary N) is 3. The van der Waals surface area contributed by atoms with Crippen molar-refractivity contribution in [1.82, 2.24) is 20.9 Å². The van der Waals surface area contributed by atoms with Crippen molar-refractivity contribution in [1.29, 1.82) is 0 Å². The van der Waals surface area contributed by atoms with Gasteiger partial charge in [-0.05, 0) is 35.5 Å². The minimum Gasteiger partial charge on any atom is -0.368 e. The lowest BCUT2D eigenvalue weighted by Crippen LogP contribution is -2.63. The number of nitrogens with two attached hydrogens (primary N) is 1. The maximum Gasteiger partial charge on any atom is 0.463 e. The SMILES string of the molecule is CC(C)(C)[C@H](NC(=O)C(F)(F)C(F)(F)F)C(=O)N1C[C@H]2[C@@H]([C@H]1C(=O)N[C@@H](C[C@@H]1CCNC1=O)C(N)=O)C2(C)C. The smallest absolute Gasteiger partial charge is 0.368 e. The Bertz CT molecular complexity index is 1060. The number of alkyl halides is 5. The van der Waals surface area contributed by atoms with Gasteiger partial charge in [-0.2, -0.15) is 22.0 Å². The van der Waals surface area contributed by atoms with E-state index in [0.29, 0.717) is 13.0 Å². The van der Waals surface area contributed by atoms with E-state index in [1.807, 2.05) is 13.8 Å².